The first-order valence-electron chi connectivity index (χ1n) is 29.1. The van der Waals surface area contributed by atoms with Gasteiger partial charge in [0.15, 0.2) is 29.0 Å². The molecule has 6 aliphatic heterocycles. The zero-order valence-corrected chi connectivity index (χ0v) is 53.0. The van der Waals surface area contributed by atoms with Gasteiger partial charge in [-0.3, -0.25) is 33.6 Å². The summed E-state index contributed by atoms with van der Waals surface area (Å²) in [5.41, 5.74) is -0.867. The van der Waals surface area contributed by atoms with E-state index in [1.807, 2.05) is 0 Å². The molecule has 17 bridgehead atoms. The van der Waals surface area contributed by atoms with E-state index in [1.165, 1.54) is 152 Å². The number of alkyl halides is 3. The smallest absolute Gasteiger partial charge is 0.471 e. The van der Waals surface area contributed by atoms with Crippen molar-refractivity contribution in [3.8, 4) is 80.1 Å². The van der Waals surface area contributed by atoms with Gasteiger partial charge < -0.3 is 90.1 Å². The standard InChI is InChI=1S/C66H56Cl2F3N7O19/c1-89-33-17-31-18-35(24-33)95-45-21-29(9-14-44(45)92-4)51(78-65(88)66(69,70)71)59(81)72-40-16-27-7-11-42(38(67)15-27)96-47-22-32-23-48(57(47)94-6)97-43-13-10-30(20-39(43)68)56(79)55-63(85)76-54(64(86)87)37-25-34(90-2)26-46(93-5)49(37)36-19-28(8-12-41(36)91-3)50(60(82)77-55)74-62(84)53(32)75-61(83)52(31)73-58(40)80/h7-15,17-26,40,50-56,79H,16H2,1-6H3,(H,72,81)(H,73,80)(H,74,84)(H,75,83)(H,76,85)(H,77,82)(H,78,88)(H,86,87)/t40-,50-,51-,52+,53-,54+,55+,56-/m1/s1. The van der Waals surface area contributed by atoms with E-state index in [9.17, 15) is 42.6 Å². The van der Waals surface area contributed by atoms with E-state index < -0.39 is 108 Å². The van der Waals surface area contributed by atoms with Crippen LogP contribution in [0.5, 0.6) is 69.0 Å². The third kappa shape index (κ3) is 13.6. The van der Waals surface area contributed by atoms with Crippen molar-refractivity contribution in [1.29, 1.82) is 0 Å². The number of rotatable bonds is 8. The van der Waals surface area contributed by atoms with Gasteiger partial charge in [0.25, 0.3) is 0 Å². The number of nitrogens with one attached hydrogen (secondary N) is 7. The minimum atomic E-state index is -5.53. The number of hydrogen-bond acceptors (Lipinski definition) is 18. The third-order valence-electron chi connectivity index (χ3n) is 16.2. The number of halogens is 5. The van der Waals surface area contributed by atoms with Gasteiger partial charge in [-0.2, -0.15) is 13.2 Å². The van der Waals surface area contributed by atoms with Crippen LogP contribution < -0.4 is 79.8 Å². The normalized spacial score (nSPS) is 20.7. The maximum Gasteiger partial charge on any atom is 0.471 e. The lowest BCUT2D eigenvalue weighted by molar-refractivity contribution is -0.174. The van der Waals surface area contributed by atoms with E-state index in [0.717, 1.165) is 6.07 Å². The van der Waals surface area contributed by atoms with Crippen molar-refractivity contribution in [2.75, 3.05) is 42.7 Å². The number of amides is 7. The van der Waals surface area contributed by atoms with Gasteiger partial charge in [-0.25, -0.2) is 4.79 Å². The van der Waals surface area contributed by atoms with Gasteiger partial charge in [-0.05, 0) is 112 Å². The van der Waals surface area contributed by atoms with Crippen molar-refractivity contribution in [3.63, 3.8) is 0 Å². The molecule has 8 atom stereocenters. The molecule has 7 amide bonds. The Kier molecular flexibility index (Phi) is 18.9. The molecule has 26 nitrogen and oxygen atoms in total. The SMILES string of the molecule is COc1cc2cc(c1)[C@@H]1NC(=O)[C@@H](Cc3ccc(c(Cl)c3)Oc3cc4cc(c3OC)Oc3ccc(cc3Cl)[C@@H](O)[C@@H]3NC(=O)[C@H](NC(=O)[C@@H]4NC1=O)c1ccc(OC)c(c1)-c1c(OC)cc(OC)cc1[C@@H](C(=O)O)NC3=O)NC(=O)[C@H](NC(=O)C(F)(F)F)c1ccc(OC)c(c1)O2. The molecule has 13 rings (SSSR count). The summed E-state index contributed by atoms with van der Waals surface area (Å²) in [6.07, 6.45) is -8.14. The van der Waals surface area contributed by atoms with Crippen LogP contribution in [0.25, 0.3) is 11.1 Å². The Balaban J connectivity index is 1.16. The second-order valence-electron chi connectivity index (χ2n) is 22.1. The lowest BCUT2D eigenvalue weighted by atomic mass is 9.89. The average molecular weight is 1380 g/mol. The number of hydrogen-bond donors (Lipinski definition) is 9. The molecule has 6 heterocycles. The van der Waals surface area contributed by atoms with E-state index in [4.69, 9.17) is 65.8 Å². The first-order chi connectivity index (χ1) is 46.3. The number of ether oxygens (including phenoxy) is 9. The predicted octanol–water partition coefficient (Wildman–Crippen LogP) is 7.52. The molecule has 0 aliphatic carbocycles. The minimum absolute atomic E-state index is 0.0148. The van der Waals surface area contributed by atoms with Crippen LogP contribution in [-0.2, 0) is 44.8 Å². The van der Waals surface area contributed by atoms with Gasteiger partial charge >= 0.3 is 18.1 Å². The quantitative estimate of drug-likeness (QED) is 0.0710. The Morgan fingerprint density at radius 3 is 1.69 bits per heavy atom. The summed E-state index contributed by atoms with van der Waals surface area (Å²) < 4.78 is 95.9. The van der Waals surface area contributed by atoms with E-state index in [2.05, 4.69) is 31.9 Å². The van der Waals surface area contributed by atoms with Crippen molar-refractivity contribution in [2.24, 2.45) is 0 Å². The molecule has 0 spiro atoms. The van der Waals surface area contributed by atoms with Crippen LogP contribution in [0.4, 0.5) is 13.2 Å². The molecule has 0 aromatic heterocycles. The monoisotopic (exact) mass is 1380 g/mol. The molecule has 7 aromatic rings. The van der Waals surface area contributed by atoms with Crippen LogP contribution in [0.15, 0.2) is 115 Å². The molecule has 0 radical (unpaired) electrons. The van der Waals surface area contributed by atoms with Gasteiger partial charge in [0.1, 0.15) is 82.6 Å². The molecule has 6 aliphatic rings. The van der Waals surface area contributed by atoms with Gasteiger partial charge in [0.05, 0.1) is 52.7 Å². The number of carbonyl (C=O) groups is 8. The topological polar surface area (TPSA) is 344 Å². The maximum absolute atomic E-state index is 16.1. The summed E-state index contributed by atoms with van der Waals surface area (Å²) in [4.78, 5) is 119. The number of carboxylic acids is 1. The average Bonchev–Trinajstić information content (AvgIpc) is 0.766. The molecule has 0 fully saturated rings. The summed E-state index contributed by atoms with van der Waals surface area (Å²) in [6, 6.07) is 10.2. The number of aliphatic carboxylic acids is 1. The second-order valence-corrected chi connectivity index (χ2v) is 22.9. The highest BCUT2D eigenvalue weighted by molar-refractivity contribution is 6.32. The summed E-state index contributed by atoms with van der Waals surface area (Å²) >= 11 is 14.0. The fraction of sp³-hybridized carbons (Fsp3) is 0.242. The summed E-state index contributed by atoms with van der Waals surface area (Å²) in [6.45, 7) is 0. The lowest BCUT2D eigenvalue weighted by Crippen LogP contribution is -2.55. The lowest BCUT2D eigenvalue weighted by Gasteiger charge is -2.31. The Bertz CT molecular complexity index is 4410. The number of carbonyl (C=O) groups excluding carboxylic acids is 7. The number of aliphatic hydroxyl groups is 1. The van der Waals surface area contributed by atoms with Crippen molar-refractivity contribution in [3.05, 3.63) is 164 Å². The zero-order chi connectivity index (χ0) is 69.5. The first kappa shape index (κ1) is 67.3. The largest absolute Gasteiger partial charge is 0.497 e. The summed E-state index contributed by atoms with van der Waals surface area (Å²) in [7, 11) is 7.59. The molecule has 97 heavy (non-hydrogen) atoms. The zero-order valence-electron chi connectivity index (χ0n) is 51.5. The highest BCUT2D eigenvalue weighted by atomic mass is 35.5. The number of aliphatic hydroxyl groups excluding tert-OH is 1. The molecular formula is C66H56Cl2F3N7O19. The van der Waals surface area contributed by atoms with Crippen LogP contribution in [0, 0.1) is 0 Å². The summed E-state index contributed by atoms with van der Waals surface area (Å²) in [5.74, 6) is -13.3. The molecule has 0 saturated carbocycles. The van der Waals surface area contributed by atoms with E-state index >= 15 is 19.2 Å². The Hall–Kier alpha value is -11.2. The van der Waals surface area contributed by atoms with Gasteiger partial charge in [-0.15, -0.1) is 0 Å². The number of carboxylic acid groups (broad SMARTS) is 1. The summed E-state index contributed by atoms with van der Waals surface area (Å²) in [5, 5.41) is 40.0. The van der Waals surface area contributed by atoms with E-state index in [1.54, 1.807) is 5.32 Å². The van der Waals surface area contributed by atoms with Crippen LogP contribution in [0.1, 0.15) is 75.3 Å². The Labute approximate surface area is 557 Å². The highest BCUT2D eigenvalue weighted by Gasteiger charge is 2.44. The fourth-order valence-corrected chi connectivity index (χ4v) is 11.9. The predicted molar refractivity (Wildman–Crippen MR) is 334 cm³/mol. The molecule has 0 unspecified atom stereocenters. The van der Waals surface area contributed by atoms with Gasteiger partial charge in [-0.1, -0.05) is 47.5 Å². The Morgan fingerprint density at radius 1 is 0.515 bits per heavy atom. The maximum atomic E-state index is 16.1. The van der Waals surface area contributed by atoms with E-state index in [-0.39, 0.29) is 129 Å². The van der Waals surface area contributed by atoms with Crippen LogP contribution >= 0.6 is 23.2 Å². The van der Waals surface area contributed by atoms with Crippen molar-refractivity contribution in [2.45, 2.75) is 61.0 Å². The molecular weight excluding hydrogens is 1320 g/mol. The molecule has 31 heteroatoms. The minimum Gasteiger partial charge on any atom is -0.497 e. The fourth-order valence-electron chi connectivity index (χ4n) is 11.4. The molecule has 504 valence electrons. The highest BCUT2D eigenvalue weighted by Crippen LogP contribution is 2.49. The number of fused-ring (bicyclic) bond motifs is 14. The van der Waals surface area contributed by atoms with Crippen LogP contribution in [-0.4, -0.2) is 118 Å². The molecule has 0 saturated heterocycles. The van der Waals surface area contributed by atoms with Gasteiger partial charge in [0.2, 0.25) is 41.2 Å². The Morgan fingerprint density at radius 2 is 1.08 bits per heavy atom. The van der Waals surface area contributed by atoms with Crippen molar-refractivity contribution in [1.82, 2.24) is 37.2 Å². The van der Waals surface area contributed by atoms with Crippen molar-refractivity contribution < 1.29 is 104 Å². The molecule has 7 aromatic carbocycles. The second kappa shape index (κ2) is 27.3. The molecule has 9 N–H and O–H groups in total. The van der Waals surface area contributed by atoms with Gasteiger partial charge in [0, 0.05) is 35.2 Å². The number of methoxy groups -OCH3 is 6. The van der Waals surface area contributed by atoms with Crippen LogP contribution in [0.3, 0.4) is 0 Å². The van der Waals surface area contributed by atoms with E-state index in [0.29, 0.717) is 0 Å². The third-order valence-corrected chi connectivity index (χ3v) is 16.8. The number of benzene rings is 7. The van der Waals surface area contributed by atoms with Crippen LogP contribution in [0.2, 0.25) is 10.0 Å². The first-order valence-corrected chi connectivity index (χ1v) is 29.8. The van der Waals surface area contributed by atoms with Crippen molar-refractivity contribution >= 4 is 70.5 Å².